The lowest BCUT2D eigenvalue weighted by molar-refractivity contribution is 0.251. The molecule has 0 aliphatic heterocycles. The molecule has 3 aromatic rings. The third kappa shape index (κ3) is 4.56. The Morgan fingerprint density at radius 3 is 2.88 bits per heavy atom. The van der Waals surface area contributed by atoms with E-state index in [4.69, 9.17) is 4.74 Å². The number of ether oxygens (including phenoxy) is 1. The number of urea groups is 1. The molecule has 2 amide bonds. The Bertz CT molecular complexity index is 800. The Labute approximate surface area is 144 Å². The molecule has 0 aliphatic carbocycles. The summed E-state index contributed by atoms with van der Waals surface area (Å²) >= 11 is 0. The smallest absolute Gasteiger partial charge is 0.319 e. The van der Waals surface area contributed by atoms with Crippen LogP contribution >= 0.6 is 0 Å². The summed E-state index contributed by atoms with van der Waals surface area (Å²) in [6.07, 6.45) is 7.68. The number of aromatic nitrogens is 5. The first-order valence-electron chi connectivity index (χ1n) is 7.82. The van der Waals surface area contributed by atoms with E-state index in [0.29, 0.717) is 24.5 Å². The Balaban J connectivity index is 1.56. The summed E-state index contributed by atoms with van der Waals surface area (Å²) in [5, 5.41) is 17.4. The number of anilines is 1. The van der Waals surface area contributed by atoms with Gasteiger partial charge in [0.25, 0.3) is 0 Å². The first-order valence-corrected chi connectivity index (χ1v) is 7.82. The SMILES string of the molecule is COc1cc(NC(=O)NCCCn2ccnn2)cc(-n2cccn2)c1. The van der Waals surface area contributed by atoms with Crippen molar-refractivity contribution in [2.45, 2.75) is 13.0 Å². The van der Waals surface area contributed by atoms with E-state index in [1.165, 1.54) is 0 Å². The van der Waals surface area contributed by atoms with Gasteiger partial charge in [-0.15, -0.1) is 5.10 Å². The van der Waals surface area contributed by atoms with Gasteiger partial charge in [0.15, 0.2) is 0 Å². The van der Waals surface area contributed by atoms with Crippen molar-refractivity contribution in [3.05, 3.63) is 49.1 Å². The van der Waals surface area contributed by atoms with Gasteiger partial charge in [-0.05, 0) is 18.6 Å². The Kier molecular flexibility index (Phi) is 5.25. The molecular formula is C16H19N7O2. The second kappa shape index (κ2) is 7.95. The number of aryl methyl sites for hydroxylation is 1. The van der Waals surface area contributed by atoms with Gasteiger partial charge in [0.2, 0.25) is 0 Å². The Hall–Kier alpha value is -3.36. The average Bonchev–Trinajstić information content (AvgIpc) is 3.32. The molecule has 2 heterocycles. The lowest BCUT2D eigenvalue weighted by Crippen LogP contribution is -2.30. The fourth-order valence-electron chi connectivity index (χ4n) is 2.30. The van der Waals surface area contributed by atoms with Gasteiger partial charge in [0.05, 0.1) is 19.0 Å². The third-order valence-electron chi connectivity index (χ3n) is 3.48. The van der Waals surface area contributed by atoms with Crippen LogP contribution in [-0.4, -0.2) is 44.5 Å². The number of methoxy groups -OCH3 is 1. The number of amides is 2. The molecule has 25 heavy (non-hydrogen) atoms. The van der Waals surface area contributed by atoms with E-state index in [1.54, 1.807) is 41.1 Å². The summed E-state index contributed by atoms with van der Waals surface area (Å²) < 4.78 is 8.70. The van der Waals surface area contributed by atoms with Crippen LogP contribution in [0.25, 0.3) is 5.69 Å². The normalized spacial score (nSPS) is 10.4. The highest BCUT2D eigenvalue weighted by atomic mass is 16.5. The molecule has 2 aromatic heterocycles. The van der Waals surface area contributed by atoms with Crippen molar-refractivity contribution in [3.63, 3.8) is 0 Å². The van der Waals surface area contributed by atoms with Gasteiger partial charge in [-0.2, -0.15) is 5.10 Å². The molecule has 0 radical (unpaired) electrons. The molecule has 0 bridgehead atoms. The van der Waals surface area contributed by atoms with Crippen molar-refractivity contribution in [3.8, 4) is 11.4 Å². The quantitative estimate of drug-likeness (QED) is 0.637. The predicted octanol–water partition coefficient (Wildman–Crippen LogP) is 1.68. The van der Waals surface area contributed by atoms with Crippen LogP contribution in [0.15, 0.2) is 49.1 Å². The molecule has 0 aliphatic rings. The van der Waals surface area contributed by atoms with Crippen LogP contribution in [0.3, 0.4) is 0 Å². The highest BCUT2D eigenvalue weighted by molar-refractivity contribution is 5.89. The van der Waals surface area contributed by atoms with Crippen LogP contribution in [0.1, 0.15) is 6.42 Å². The highest BCUT2D eigenvalue weighted by Gasteiger charge is 2.07. The van der Waals surface area contributed by atoms with Crippen LogP contribution in [0, 0.1) is 0 Å². The van der Waals surface area contributed by atoms with Crippen molar-refractivity contribution < 1.29 is 9.53 Å². The molecule has 0 fully saturated rings. The van der Waals surface area contributed by atoms with Gasteiger partial charge in [0.1, 0.15) is 5.75 Å². The van der Waals surface area contributed by atoms with Crippen molar-refractivity contribution in [1.29, 1.82) is 0 Å². The summed E-state index contributed by atoms with van der Waals surface area (Å²) in [6.45, 7) is 1.23. The monoisotopic (exact) mass is 341 g/mol. The molecular weight excluding hydrogens is 322 g/mol. The zero-order valence-electron chi connectivity index (χ0n) is 13.8. The molecule has 130 valence electrons. The van der Waals surface area contributed by atoms with Crippen LogP contribution in [0.4, 0.5) is 10.5 Å². The summed E-state index contributed by atoms with van der Waals surface area (Å²) in [7, 11) is 1.58. The van der Waals surface area contributed by atoms with Crippen molar-refractivity contribution in [1.82, 2.24) is 30.1 Å². The van der Waals surface area contributed by atoms with Gasteiger partial charge < -0.3 is 15.4 Å². The number of hydrogen-bond donors (Lipinski definition) is 2. The summed E-state index contributed by atoms with van der Waals surface area (Å²) in [6, 6.07) is 6.97. The Morgan fingerprint density at radius 1 is 1.24 bits per heavy atom. The zero-order chi connectivity index (χ0) is 17.5. The second-order valence-corrected chi connectivity index (χ2v) is 5.27. The molecule has 3 rings (SSSR count). The van der Waals surface area contributed by atoms with Gasteiger partial charge >= 0.3 is 6.03 Å². The van der Waals surface area contributed by atoms with E-state index >= 15 is 0 Å². The lowest BCUT2D eigenvalue weighted by atomic mass is 10.2. The molecule has 0 saturated carbocycles. The van der Waals surface area contributed by atoms with Gasteiger partial charge in [-0.25, -0.2) is 9.48 Å². The van der Waals surface area contributed by atoms with Crippen LogP contribution < -0.4 is 15.4 Å². The topological polar surface area (TPSA) is 98.9 Å². The Morgan fingerprint density at radius 2 is 2.16 bits per heavy atom. The maximum absolute atomic E-state index is 12.1. The lowest BCUT2D eigenvalue weighted by Gasteiger charge is -2.11. The molecule has 2 N–H and O–H groups in total. The highest BCUT2D eigenvalue weighted by Crippen LogP contribution is 2.23. The fourth-order valence-corrected chi connectivity index (χ4v) is 2.30. The number of nitrogens with one attached hydrogen (secondary N) is 2. The maximum Gasteiger partial charge on any atom is 0.319 e. The van der Waals surface area contributed by atoms with E-state index < -0.39 is 0 Å². The van der Waals surface area contributed by atoms with Crippen LogP contribution in [0.2, 0.25) is 0 Å². The van der Waals surface area contributed by atoms with Crippen LogP contribution in [0.5, 0.6) is 5.75 Å². The van der Waals surface area contributed by atoms with E-state index in [-0.39, 0.29) is 6.03 Å². The fraction of sp³-hybridized carbons (Fsp3) is 0.250. The number of rotatable bonds is 7. The average molecular weight is 341 g/mol. The standard InChI is InChI=1S/C16H19N7O2/c1-25-15-11-13(10-14(12-15)23-8-3-5-19-23)20-16(24)17-4-2-7-22-9-6-18-21-22/h3,5-6,8-12H,2,4,7H2,1H3,(H2,17,20,24). The van der Waals surface area contributed by atoms with Crippen molar-refractivity contribution in [2.75, 3.05) is 19.0 Å². The summed E-state index contributed by atoms with van der Waals surface area (Å²) in [5.41, 5.74) is 1.42. The van der Waals surface area contributed by atoms with E-state index in [9.17, 15) is 4.79 Å². The third-order valence-corrected chi connectivity index (χ3v) is 3.48. The molecule has 9 nitrogen and oxygen atoms in total. The molecule has 0 spiro atoms. The number of nitrogens with zero attached hydrogens (tertiary/aromatic N) is 5. The summed E-state index contributed by atoms with van der Waals surface area (Å²) in [5.74, 6) is 0.634. The molecule has 0 saturated heterocycles. The molecule has 1 aromatic carbocycles. The molecule has 0 atom stereocenters. The van der Waals surface area contributed by atoms with Gasteiger partial charge in [0, 0.05) is 49.5 Å². The van der Waals surface area contributed by atoms with Gasteiger partial charge in [-0.1, -0.05) is 5.21 Å². The predicted molar refractivity (Wildman–Crippen MR) is 91.8 cm³/mol. The number of carbonyl (C=O) groups excluding carboxylic acids is 1. The van der Waals surface area contributed by atoms with Crippen LogP contribution in [-0.2, 0) is 6.54 Å². The minimum atomic E-state index is -0.279. The molecule has 0 unspecified atom stereocenters. The number of hydrogen-bond acceptors (Lipinski definition) is 5. The number of carbonyl (C=O) groups is 1. The first-order chi connectivity index (χ1) is 12.2. The molecule has 9 heteroatoms. The van der Waals surface area contributed by atoms with E-state index in [0.717, 1.165) is 12.1 Å². The second-order valence-electron chi connectivity index (χ2n) is 5.27. The first kappa shape index (κ1) is 16.5. The maximum atomic E-state index is 12.1. The minimum absolute atomic E-state index is 0.279. The van der Waals surface area contributed by atoms with E-state index in [2.05, 4.69) is 26.0 Å². The number of benzene rings is 1. The van der Waals surface area contributed by atoms with Crippen molar-refractivity contribution in [2.24, 2.45) is 0 Å². The van der Waals surface area contributed by atoms with E-state index in [1.807, 2.05) is 24.4 Å². The minimum Gasteiger partial charge on any atom is -0.497 e. The summed E-state index contributed by atoms with van der Waals surface area (Å²) in [4.78, 5) is 12.1. The largest absolute Gasteiger partial charge is 0.497 e. The van der Waals surface area contributed by atoms with Crippen molar-refractivity contribution >= 4 is 11.7 Å². The van der Waals surface area contributed by atoms with Gasteiger partial charge in [-0.3, -0.25) is 4.68 Å². The zero-order valence-corrected chi connectivity index (χ0v) is 13.8.